The van der Waals surface area contributed by atoms with Crippen LogP contribution in [0.15, 0.2) is 41.4 Å². The summed E-state index contributed by atoms with van der Waals surface area (Å²) in [5.41, 5.74) is 1.22. The van der Waals surface area contributed by atoms with Gasteiger partial charge in [-0.3, -0.25) is 4.72 Å². The molecule has 1 N–H and O–H groups in total. The molecule has 1 aromatic rings. The molecular weight excluding hydrogens is 246 g/mol. The molecule has 3 heteroatoms. The first kappa shape index (κ1) is 10.8. The van der Waals surface area contributed by atoms with E-state index in [9.17, 15) is 0 Å². The molecule has 70 valence electrons. The maximum Gasteiger partial charge on any atom is 0.0453 e. The molecule has 0 bridgehead atoms. The molecule has 0 heterocycles. The molecule has 0 spiro atoms. The Morgan fingerprint density at radius 3 is 2.54 bits per heavy atom. The summed E-state index contributed by atoms with van der Waals surface area (Å²) in [6.07, 6.45) is 2.76. The van der Waals surface area contributed by atoms with Gasteiger partial charge in [0, 0.05) is 10.5 Å². The van der Waals surface area contributed by atoms with Gasteiger partial charge in [-0.25, -0.2) is 0 Å². The van der Waals surface area contributed by atoms with Gasteiger partial charge in [0.25, 0.3) is 0 Å². The van der Waals surface area contributed by atoms with Crippen molar-refractivity contribution in [3.63, 3.8) is 0 Å². The fourth-order valence-corrected chi connectivity index (χ4v) is 1.64. The zero-order chi connectivity index (χ0) is 9.68. The highest BCUT2D eigenvalue weighted by Gasteiger charge is 2.06. The predicted octanol–water partition coefficient (Wildman–Crippen LogP) is 3.50. The summed E-state index contributed by atoms with van der Waals surface area (Å²) < 4.78 is 4.04. The molecule has 13 heavy (non-hydrogen) atoms. The van der Waals surface area contributed by atoms with Crippen LogP contribution in [-0.2, 0) is 0 Å². The molecule has 1 aromatic carbocycles. The van der Waals surface area contributed by atoms with E-state index in [1.165, 1.54) is 5.56 Å². The van der Waals surface area contributed by atoms with Gasteiger partial charge in [-0.15, -0.1) is 6.58 Å². The molecule has 0 amide bonds. The van der Waals surface area contributed by atoms with Crippen LogP contribution in [0, 0.1) is 0 Å². The van der Waals surface area contributed by atoms with Gasteiger partial charge in [-0.1, -0.05) is 47.0 Å². The Bertz CT molecular complexity index is 271. The quantitative estimate of drug-likeness (QED) is 0.622. The van der Waals surface area contributed by atoms with E-state index in [0.29, 0.717) is 0 Å². The van der Waals surface area contributed by atoms with Crippen molar-refractivity contribution in [3.8, 4) is 0 Å². The topological polar surface area (TPSA) is 12.0 Å². The fraction of sp³-hybridized carbons (Fsp3) is 0.200. The monoisotopic (exact) mass is 257 g/mol. The minimum Gasteiger partial charge on any atom is -0.259 e. The largest absolute Gasteiger partial charge is 0.259 e. The Kier molecular flexibility index (Phi) is 4.56. The van der Waals surface area contributed by atoms with Crippen LogP contribution in [0.1, 0.15) is 18.0 Å². The SMILES string of the molecule is C=CCC(NS)c1ccc(Br)cc1. The average molecular weight is 258 g/mol. The maximum absolute atomic E-state index is 4.08. The first-order valence-electron chi connectivity index (χ1n) is 4.04. The van der Waals surface area contributed by atoms with Crippen LogP contribution in [0.5, 0.6) is 0 Å². The minimum absolute atomic E-state index is 0.244. The molecule has 0 fully saturated rings. The van der Waals surface area contributed by atoms with Gasteiger partial charge in [0.2, 0.25) is 0 Å². The third-order valence-electron chi connectivity index (χ3n) is 1.83. The lowest BCUT2D eigenvalue weighted by molar-refractivity contribution is 0.692. The van der Waals surface area contributed by atoms with Crippen molar-refractivity contribution in [1.82, 2.24) is 4.72 Å². The summed E-state index contributed by atoms with van der Waals surface area (Å²) in [4.78, 5) is 0. The zero-order valence-corrected chi connectivity index (χ0v) is 9.68. The summed E-state index contributed by atoms with van der Waals surface area (Å²) in [6.45, 7) is 3.71. The predicted molar refractivity (Wildman–Crippen MR) is 63.8 cm³/mol. The Labute approximate surface area is 92.9 Å². The molecule has 0 saturated heterocycles. The maximum atomic E-state index is 4.08. The standard InChI is InChI=1S/C10H12BrNS/c1-2-3-10(12-13)8-4-6-9(11)7-5-8/h2,4-7,10,12-13H,1,3H2. The van der Waals surface area contributed by atoms with Gasteiger partial charge < -0.3 is 0 Å². The van der Waals surface area contributed by atoms with Crippen molar-refractivity contribution in [2.24, 2.45) is 0 Å². The van der Waals surface area contributed by atoms with Crippen molar-refractivity contribution in [1.29, 1.82) is 0 Å². The van der Waals surface area contributed by atoms with Gasteiger partial charge in [-0.2, -0.15) is 0 Å². The number of hydrogen-bond donors (Lipinski definition) is 2. The number of benzene rings is 1. The summed E-state index contributed by atoms with van der Waals surface area (Å²) in [6, 6.07) is 8.43. The third-order valence-corrected chi connectivity index (χ3v) is 2.67. The van der Waals surface area contributed by atoms with Crippen LogP contribution in [-0.4, -0.2) is 0 Å². The van der Waals surface area contributed by atoms with E-state index < -0.39 is 0 Å². The summed E-state index contributed by atoms with van der Waals surface area (Å²) in [5, 5.41) is 0. The Balaban J connectivity index is 2.78. The number of halogens is 1. The van der Waals surface area contributed by atoms with E-state index in [2.05, 4.69) is 52.2 Å². The van der Waals surface area contributed by atoms with Gasteiger partial charge in [0.1, 0.15) is 0 Å². The van der Waals surface area contributed by atoms with Crippen molar-refractivity contribution in [3.05, 3.63) is 47.0 Å². The molecule has 0 aliphatic carbocycles. The Morgan fingerprint density at radius 1 is 1.46 bits per heavy atom. The normalized spacial score (nSPS) is 12.5. The lowest BCUT2D eigenvalue weighted by Crippen LogP contribution is -2.10. The fourth-order valence-electron chi connectivity index (χ4n) is 1.13. The molecular formula is C10H12BrNS. The van der Waals surface area contributed by atoms with E-state index in [-0.39, 0.29) is 6.04 Å². The molecule has 1 unspecified atom stereocenters. The van der Waals surface area contributed by atoms with E-state index in [0.717, 1.165) is 10.9 Å². The molecule has 0 aromatic heterocycles. The lowest BCUT2D eigenvalue weighted by atomic mass is 10.1. The molecule has 0 saturated carbocycles. The van der Waals surface area contributed by atoms with Crippen LogP contribution in [0.3, 0.4) is 0 Å². The smallest absolute Gasteiger partial charge is 0.0453 e. The van der Waals surface area contributed by atoms with Crippen molar-refractivity contribution >= 4 is 28.7 Å². The second-order valence-corrected chi connectivity index (χ2v) is 3.93. The van der Waals surface area contributed by atoms with Crippen LogP contribution in [0.25, 0.3) is 0 Å². The van der Waals surface area contributed by atoms with E-state index >= 15 is 0 Å². The van der Waals surface area contributed by atoms with E-state index in [1.54, 1.807) is 0 Å². The number of hydrogen-bond acceptors (Lipinski definition) is 2. The number of rotatable bonds is 4. The van der Waals surface area contributed by atoms with E-state index in [1.807, 2.05) is 18.2 Å². The average Bonchev–Trinajstić information content (AvgIpc) is 2.16. The molecule has 0 radical (unpaired) electrons. The highest BCUT2D eigenvalue weighted by Crippen LogP contribution is 2.20. The third kappa shape index (κ3) is 3.18. The summed E-state index contributed by atoms with van der Waals surface area (Å²) >= 11 is 7.47. The van der Waals surface area contributed by atoms with Gasteiger partial charge >= 0.3 is 0 Å². The molecule has 1 nitrogen and oxygen atoms in total. The minimum atomic E-state index is 0.244. The molecule has 1 rings (SSSR count). The first-order valence-corrected chi connectivity index (χ1v) is 5.28. The summed E-state index contributed by atoms with van der Waals surface area (Å²) in [5.74, 6) is 0. The number of nitrogens with one attached hydrogen (secondary N) is 1. The first-order chi connectivity index (χ1) is 6.27. The van der Waals surface area contributed by atoms with E-state index in [4.69, 9.17) is 0 Å². The Morgan fingerprint density at radius 2 is 2.08 bits per heavy atom. The van der Waals surface area contributed by atoms with Crippen LogP contribution >= 0.6 is 28.7 Å². The van der Waals surface area contributed by atoms with Gasteiger partial charge in [-0.05, 0) is 24.1 Å². The molecule has 0 aliphatic heterocycles. The second kappa shape index (κ2) is 5.47. The van der Waals surface area contributed by atoms with Crippen molar-refractivity contribution in [2.75, 3.05) is 0 Å². The molecule has 0 aliphatic rings. The molecule has 1 atom stereocenters. The van der Waals surface area contributed by atoms with Crippen LogP contribution in [0.2, 0.25) is 0 Å². The lowest BCUT2D eigenvalue weighted by Gasteiger charge is -2.13. The summed E-state index contributed by atoms with van der Waals surface area (Å²) in [7, 11) is 0. The van der Waals surface area contributed by atoms with Crippen molar-refractivity contribution in [2.45, 2.75) is 12.5 Å². The number of thiol groups is 1. The van der Waals surface area contributed by atoms with Gasteiger partial charge in [0.05, 0.1) is 0 Å². The highest BCUT2D eigenvalue weighted by atomic mass is 79.9. The Hall–Kier alpha value is -0.250. The van der Waals surface area contributed by atoms with Crippen LogP contribution < -0.4 is 4.72 Å². The van der Waals surface area contributed by atoms with Gasteiger partial charge in [0.15, 0.2) is 0 Å². The zero-order valence-electron chi connectivity index (χ0n) is 7.20. The second-order valence-electron chi connectivity index (χ2n) is 2.76. The highest BCUT2D eigenvalue weighted by molar-refractivity contribution is 9.10. The van der Waals surface area contributed by atoms with Crippen molar-refractivity contribution < 1.29 is 0 Å². The van der Waals surface area contributed by atoms with Crippen LogP contribution in [0.4, 0.5) is 0 Å².